The fourth-order valence-corrected chi connectivity index (χ4v) is 1.83. The Bertz CT molecular complexity index is 345. The van der Waals surface area contributed by atoms with Crippen LogP contribution in [-0.2, 0) is 9.59 Å². The molecule has 0 bridgehead atoms. The van der Waals surface area contributed by atoms with E-state index >= 15 is 0 Å². The molecule has 102 valence electrons. The lowest BCUT2D eigenvalue weighted by Gasteiger charge is -2.11. The van der Waals surface area contributed by atoms with Crippen molar-refractivity contribution in [2.75, 3.05) is 19.6 Å². The Morgan fingerprint density at radius 3 is 2.56 bits per heavy atom. The van der Waals surface area contributed by atoms with Crippen LogP contribution in [0.1, 0.15) is 19.3 Å². The van der Waals surface area contributed by atoms with E-state index < -0.39 is 30.8 Å². The molecule has 0 radical (unpaired) electrons. The van der Waals surface area contributed by atoms with Crippen molar-refractivity contribution in [1.29, 1.82) is 0 Å². The number of nitrogens with one attached hydrogen (secondary N) is 3. The predicted molar refractivity (Wildman–Crippen MR) is 60.1 cm³/mol. The quantitative estimate of drug-likeness (QED) is 0.632. The van der Waals surface area contributed by atoms with Gasteiger partial charge in [0.25, 0.3) is 5.92 Å². The molecular formula is C11H17F2N3O2. The minimum atomic E-state index is -2.84. The van der Waals surface area contributed by atoms with Crippen molar-refractivity contribution in [1.82, 2.24) is 16.0 Å². The summed E-state index contributed by atoms with van der Waals surface area (Å²) in [7, 11) is 0. The van der Waals surface area contributed by atoms with E-state index in [4.69, 9.17) is 0 Å². The van der Waals surface area contributed by atoms with Crippen molar-refractivity contribution in [2.24, 2.45) is 5.92 Å². The molecular weight excluding hydrogens is 244 g/mol. The molecule has 0 aromatic carbocycles. The normalized spacial score (nSPS) is 25.8. The molecule has 1 heterocycles. The standard InChI is InChI=1S/C11H17F2N3O2/c12-11(13)3-8(16-6-11)10(18)15-5-9(17)14-4-7-1-2-7/h7-8,16H,1-6H2,(H,14,17)(H,15,18). The molecule has 1 aliphatic carbocycles. The molecule has 2 amide bonds. The zero-order valence-corrected chi connectivity index (χ0v) is 9.97. The molecule has 7 heteroatoms. The third kappa shape index (κ3) is 3.90. The summed E-state index contributed by atoms with van der Waals surface area (Å²) in [6.07, 6.45) is 1.75. The van der Waals surface area contributed by atoms with E-state index in [-0.39, 0.29) is 12.5 Å². The first-order chi connectivity index (χ1) is 8.46. The van der Waals surface area contributed by atoms with Gasteiger partial charge in [-0.1, -0.05) is 0 Å². The van der Waals surface area contributed by atoms with Gasteiger partial charge in [0.2, 0.25) is 11.8 Å². The molecule has 1 saturated carbocycles. The second kappa shape index (κ2) is 5.17. The smallest absolute Gasteiger partial charge is 0.262 e. The summed E-state index contributed by atoms with van der Waals surface area (Å²) >= 11 is 0. The van der Waals surface area contributed by atoms with Gasteiger partial charge >= 0.3 is 0 Å². The summed E-state index contributed by atoms with van der Waals surface area (Å²) in [4.78, 5) is 22.8. The fourth-order valence-electron chi connectivity index (χ4n) is 1.83. The van der Waals surface area contributed by atoms with Crippen LogP contribution >= 0.6 is 0 Å². The molecule has 3 N–H and O–H groups in total. The van der Waals surface area contributed by atoms with Crippen molar-refractivity contribution >= 4 is 11.8 Å². The van der Waals surface area contributed by atoms with Crippen LogP contribution < -0.4 is 16.0 Å². The molecule has 18 heavy (non-hydrogen) atoms. The molecule has 5 nitrogen and oxygen atoms in total. The number of rotatable bonds is 5. The first-order valence-corrected chi connectivity index (χ1v) is 6.12. The average molecular weight is 261 g/mol. The molecule has 2 fully saturated rings. The van der Waals surface area contributed by atoms with Gasteiger partial charge < -0.3 is 10.6 Å². The summed E-state index contributed by atoms with van der Waals surface area (Å²) in [6.45, 7) is -0.0112. The van der Waals surface area contributed by atoms with Gasteiger partial charge in [0, 0.05) is 13.0 Å². The van der Waals surface area contributed by atoms with Gasteiger partial charge in [0.1, 0.15) is 0 Å². The lowest BCUT2D eigenvalue weighted by molar-refractivity contribution is -0.127. The highest BCUT2D eigenvalue weighted by Gasteiger charge is 2.42. The van der Waals surface area contributed by atoms with Crippen LogP contribution in [0.25, 0.3) is 0 Å². The van der Waals surface area contributed by atoms with Crippen LogP contribution in [0, 0.1) is 5.92 Å². The zero-order valence-electron chi connectivity index (χ0n) is 9.97. The van der Waals surface area contributed by atoms with Gasteiger partial charge in [-0.2, -0.15) is 0 Å². The molecule has 2 rings (SSSR count). The number of carbonyl (C=O) groups excluding carboxylic acids is 2. The minimum absolute atomic E-state index is 0.157. The maximum Gasteiger partial charge on any atom is 0.262 e. The summed E-state index contributed by atoms with van der Waals surface area (Å²) in [6, 6.07) is -0.906. The van der Waals surface area contributed by atoms with Crippen molar-refractivity contribution in [3.63, 3.8) is 0 Å². The molecule has 1 unspecified atom stereocenters. The maximum atomic E-state index is 12.8. The topological polar surface area (TPSA) is 70.2 Å². The summed E-state index contributed by atoms with van der Waals surface area (Å²) < 4.78 is 25.7. The largest absolute Gasteiger partial charge is 0.354 e. The first kappa shape index (κ1) is 13.2. The van der Waals surface area contributed by atoms with Crippen molar-refractivity contribution in [3.05, 3.63) is 0 Å². The Labute approximate surface area is 104 Å². The molecule has 1 atom stereocenters. The Morgan fingerprint density at radius 1 is 1.28 bits per heavy atom. The van der Waals surface area contributed by atoms with Gasteiger partial charge in [-0.15, -0.1) is 0 Å². The second-order valence-electron chi connectivity index (χ2n) is 4.96. The highest BCUT2D eigenvalue weighted by Crippen LogP contribution is 2.27. The molecule has 2 aliphatic rings. The Balaban J connectivity index is 1.63. The first-order valence-electron chi connectivity index (χ1n) is 6.12. The van der Waals surface area contributed by atoms with Crippen LogP contribution in [0.5, 0.6) is 0 Å². The van der Waals surface area contributed by atoms with E-state index in [1.54, 1.807) is 0 Å². The van der Waals surface area contributed by atoms with Gasteiger partial charge in [0.05, 0.1) is 19.1 Å². The van der Waals surface area contributed by atoms with E-state index in [0.717, 1.165) is 12.8 Å². The third-order valence-electron chi connectivity index (χ3n) is 3.13. The predicted octanol–water partition coefficient (Wildman–Crippen LogP) is -0.374. The SMILES string of the molecule is O=C(CNC(=O)C1CC(F)(F)CN1)NCC1CC1. The number of carbonyl (C=O) groups is 2. The average Bonchev–Trinajstić information content (AvgIpc) is 3.06. The molecule has 1 saturated heterocycles. The maximum absolute atomic E-state index is 12.8. The van der Waals surface area contributed by atoms with Gasteiger partial charge in [0.15, 0.2) is 0 Å². The third-order valence-corrected chi connectivity index (χ3v) is 3.13. The van der Waals surface area contributed by atoms with Gasteiger partial charge in [-0.3, -0.25) is 14.9 Å². The van der Waals surface area contributed by atoms with Crippen molar-refractivity contribution < 1.29 is 18.4 Å². The van der Waals surface area contributed by atoms with Gasteiger partial charge in [-0.25, -0.2) is 8.78 Å². The van der Waals surface area contributed by atoms with E-state index in [1.165, 1.54) is 0 Å². The van der Waals surface area contributed by atoms with Crippen LogP contribution in [0.4, 0.5) is 8.78 Å². The van der Waals surface area contributed by atoms with E-state index in [9.17, 15) is 18.4 Å². The number of alkyl halides is 2. The van der Waals surface area contributed by atoms with Gasteiger partial charge in [-0.05, 0) is 18.8 Å². The minimum Gasteiger partial charge on any atom is -0.354 e. The second-order valence-corrected chi connectivity index (χ2v) is 4.96. The van der Waals surface area contributed by atoms with Crippen molar-refractivity contribution in [3.8, 4) is 0 Å². The highest BCUT2D eigenvalue weighted by molar-refractivity contribution is 5.87. The van der Waals surface area contributed by atoms with Crippen LogP contribution in [0.3, 0.4) is 0 Å². The van der Waals surface area contributed by atoms with E-state index in [1.807, 2.05) is 0 Å². The summed E-state index contributed by atoms with van der Waals surface area (Å²) in [5.74, 6) is -3.09. The molecule has 1 aliphatic heterocycles. The molecule has 0 aromatic heterocycles. The Kier molecular flexibility index (Phi) is 3.79. The lowest BCUT2D eigenvalue weighted by Crippen LogP contribution is -2.45. The van der Waals surface area contributed by atoms with E-state index in [2.05, 4.69) is 16.0 Å². The zero-order chi connectivity index (χ0) is 13.2. The van der Waals surface area contributed by atoms with Crippen molar-refractivity contribution in [2.45, 2.75) is 31.2 Å². The number of halogens is 2. The van der Waals surface area contributed by atoms with Crippen LogP contribution in [-0.4, -0.2) is 43.4 Å². The molecule has 0 spiro atoms. The van der Waals surface area contributed by atoms with E-state index in [0.29, 0.717) is 12.5 Å². The summed E-state index contributed by atoms with van der Waals surface area (Å²) in [5.41, 5.74) is 0. The fraction of sp³-hybridized carbons (Fsp3) is 0.818. The summed E-state index contributed by atoms with van der Waals surface area (Å²) in [5, 5.41) is 7.48. The lowest BCUT2D eigenvalue weighted by atomic mass is 10.2. The Morgan fingerprint density at radius 2 is 2.00 bits per heavy atom. The Hall–Kier alpha value is -1.24. The number of amides is 2. The number of hydrogen-bond acceptors (Lipinski definition) is 3. The highest BCUT2D eigenvalue weighted by atomic mass is 19.3. The number of hydrogen-bond donors (Lipinski definition) is 3. The molecule has 0 aromatic rings. The monoisotopic (exact) mass is 261 g/mol. The van der Waals surface area contributed by atoms with Crippen LogP contribution in [0.15, 0.2) is 0 Å². The van der Waals surface area contributed by atoms with Crippen LogP contribution in [0.2, 0.25) is 0 Å².